The lowest BCUT2D eigenvalue weighted by Gasteiger charge is -2.23. The van der Waals surface area contributed by atoms with Crippen LogP contribution in [0.2, 0.25) is 0 Å². The molecular weight excluding hydrogens is 231 g/mol. The predicted molar refractivity (Wildman–Crippen MR) is 72.2 cm³/mol. The zero-order valence-electron chi connectivity index (χ0n) is 11.4. The first-order chi connectivity index (χ1) is 8.56. The first-order valence-corrected chi connectivity index (χ1v) is 6.49. The lowest BCUT2D eigenvalue weighted by molar-refractivity contribution is 0.270. The molecule has 18 heavy (non-hydrogen) atoms. The number of hydrogen-bond donors (Lipinski definition) is 2. The molecule has 0 heterocycles. The molecule has 0 saturated carbocycles. The van der Waals surface area contributed by atoms with Gasteiger partial charge in [0.15, 0.2) is 11.6 Å². The van der Waals surface area contributed by atoms with Gasteiger partial charge in [0.05, 0.1) is 0 Å². The standard InChI is InChI=1S/C14H23FN2O/c1-4-17(5-2)10-11(3)16-9-12-6-7-14(18)13(15)8-12/h6-8,11,16,18H,4-5,9-10H2,1-3H3. The molecule has 102 valence electrons. The SMILES string of the molecule is CCN(CC)CC(C)NCc1ccc(O)c(F)c1. The van der Waals surface area contributed by atoms with Crippen LogP contribution in [0, 0.1) is 5.82 Å². The number of phenolic OH excluding ortho intramolecular Hbond substituents is 1. The van der Waals surface area contributed by atoms with Gasteiger partial charge in [-0.2, -0.15) is 0 Å². The van der Waals surface area contributed by atoms with Crippen LogP contribution in [0.1, 0.15) is 26.3 Å². The molecule has 4 heteroatoms. The van der Waals surface area contributed by atoms with E-state index in [4.69, 9.17) is 5.11 Å². The van der Waals surface area contributed by atoms with E-state index in [-0.39, 0.29) is 5.75 Å². The minimum Gasteiger partial charge on any atom is -0.505 e. The van der Waals surface area contributed by atoms with Crippen LogP contribution in [0.3, 0.4) is 0 Å². The summed E-state index contributed by atoms with van der Waals surface area (Å²) in [4.78, 5) is 2.34. The second-order valence-corrected chi connectivity index (χ2v) is 4.55. The first-order valence-electron chi connectivity index (χ1n) is 6.49. The van der Waals surface area contributed by atoms with Crippen LogP contribution in [0.15, 0.2) is 18.2 Å². The highest BCUT2D eigenvalue weighted by Gasteiger charge is 2.07. The molecule has 0 amide bonds. The molecule has 1 aromatic carbocycles. The van der Waals surface area contributed by atoms with E-state index in [1.165, 1.54) is 12.1 Å². The summed E-state index contributed by atoms with van der Waals surface area (Å²) in [6.07, 6.45) is 0. The molecule has 0 aromatic heterocycles. The van der Waals surface area contributed by atoms with Crippen molar-refractivity contribution in [3.8, 4) is 5.75 Å². The summed E-state index contributed by atoms with van der Waals surface area (Å²) in [5, 5.41) is 12.5. The molecule has 0 aliphatic heterocycles. The summed E-state index contributed by atoms with van der Waals surface area (Å²) >= 11 is 0. The maximum absolute atomic E-state index is 13.1. The van der Waals surface area contributed by atoms with Crippen molar-refractivity contribution in [2.75, 3.05) is 19.6 Å². The molecule has 1 rings (SSSR count). The van der Waals surface area contributed by atoms with E-state index < -0.39 is 5.82 Å². The molecule has 0 bridgehead atoms. The Balaban J connectivity index is 2.42. The highest BCUT2D eigenvalue weighted by molar-refractivity contribution is 5.27. The number of aromatic hydroxyl groups is 1. The van der Waals surface area contributed by atoms with Gasteiger partial charge in [-0.05, 0) is 37.7 Å². The topological polar surface area (TPSA) is 35.5 Å². The van der Waals surface area contributed by atoms with Gasteiger partial charge in [-0.3, -0.25) is 0 Å². The van der Waals surface area contributed by atoms with E-state index in [0.717, 1.165) is 25.2 Å². The Morgan fingerprint density at radius 2 is 2.00 bits per heavy atom. The summed E-state index contributed by atoms with van der Waals surface area (Å²) in [6.45, 7) is 10.1. The number of benzene rings is 1. The molecule has 0 aliphatic carbocycles. The smallest absolute Gasteiger partial charge is 0.165 e. The van der Waals surface area contributed by atoms with E-state index in [0.29, 0.717) is 12.6 Å². The molecule has 0 aliphatic rings. The van der Waals surface area contributed by atoms with Crippen molar-refractivity contribution in [1.82, 2.24) is 10.2 Å². The minimum absolute atomic E-state index is 0.296. The third-order valence-corrected chi connectivity index (χ3v) is 3.09. The Bertz CT molecular complexity index is 367. The quantitative estimate of drug-likeness (QED) is 0.784. The predicted octanol–water partition coefficient (Wildman–Crippen LogP) is 2.35. The highest BCUT2D eigenvalue weighted by Crippen LogP contribution is 2.15. The molecule has 1 unspecified atom stereocenters. The Morgan fingerprint density at radius 1 is 1.33 bits per heavy atom. The van der Waals surface area contributed by atoms with Gasteiger partial charge in [0.25, 0.3) is 0 Å². The second-order valence-electron chi connectivity index (χ2n) is 4.55. The Labute approximate surface area is 109 Å². The first kappa shape index (κ1) is 14.9. The number of likely N-dealkylation sites (N-methyl/N-ethyl adjacent to an activating group) is 1. The van der Waals surface area contributed by atoms with Crippen LogP contribution >= 0.6 is 0 Å². The average Bonchev–Trinajstić information content (AvgIpc) is 2.37. The Hall–Kier alpha value is -1.13. The van der Waals surface area contributed by atoms with Gasteiger partial charge in [-0.25, -0.2) is 4.39 Å². The normalized spacial score (nSPS) is 12.9. The van der Waals surface area contributed by atoms with E-state index >= 15 is 0 Å². The molecule has 1 aromatic rings. The van der Waals surface area contributed by atoms with Gasteiger partial charge >= 0.3 is 0 Å². The molecule has 0 spiro atoms. The second kappa shape index (κ2) is 7.34. The molecule has 0 fully saturated rings. The number of rotatable bonds is 7. The fourth-order valence-electron chi connectivity index (χ4n) is 1.89. The number of hydrogen-bond acceptors (Lipinski definition) is 3. The molecule has 1 atom stereocenters. The van der Waals surface area contributed by atoms with Crippen LogP contribution in [0.5, 0.6) is 5.75 Å². The highest BCUT2D eigenvalue weighted by atomic mass is 19.1. The van der Waals surface area contributed by atoms with Gasteiger partial charge in [0.1, 0.15) is 0 Å². The number of nitrogens with one attached hydrogen (secondary N) is 1. The van der Waals surface area contributed by atoms with E-state index in [2.05, 4.69) is 31.0 Å². The van der Waals surface area contributed by atoms with Crippen molar-refractivity contribution in [2.45, 2.75) is 33.4 Å². The van der Waals surface area contributed by atoms with E-state index in [1.807, 2.05) is 0 Å². The maximum atomic E-state index is 13.1. The summed E-state index contributed by atoms with van der Waals surface area (Å²) in [5.74, 6) is -0.861. The average molecular weight is 254 g/mol. The lowest BCUT2D eigenvalue weighted by Crippen LogP contribution is -2.38. The fraction of sp³-hybridized carbons (Fsp3) is 0.571. The largest absolute Gasteiger partial charge is 0.505 e. The fourth-order valence-corrected chi connectivity index (χ4v) is 1.89. The number of nitrogens with zero attached hydrogens (tertiary/aromatic N) is 1. The summed E-state index contributed by atoms with van der Waals surface area (Å²) < 4.78 is 13.1. The van der Waals surface area contributed by atoms with E-state index in [1.54, 1.807) is 6.07 Å². The summed E-state index contributed by atoms with van der Waals surface area (Å²) in [7, 11) is 0. The van der Waals surface area contributed by atoms with Gasteiger partial charge in [-0.15, -0.1) is 0 Å². The number of halogens is 1. The summed E-state index contributed by atoms with van der Waals surface area (Å²) in [5.41, 5.74) is 0.844. The van der Waals surface area contributed by atoms with Gasteiger partial charge in [0.2, 0.25) is 0 Å². The van der Waals surface area contributed by atoms with Gasteiger partial charge in [-0.1, -0.05) is 19.9 Å². The monoisotopic (exact) mass is 254 g/mol. The van der Waals surface area contributed by atoms with Crippen molar-refractivity contribution < 1.29 is 9.50 Å². The molecule has 0 saturated heterocycles. The molecule has 2 N–H and O–H groups in total. The van der Waals surface area contributed by atoms with Crippen molar-refractivity contribution in [1.29, 1.82) is 0 Å². The molecule has 0 radical (unpaired) electrons. The Morgan fingerprint density at radius 3 is 2.56 bits per heavy atom. The lowest BCUT2D eigenvalue weighted by atomic mass is 10.2. The van der Waals surface area contributed by atoms with Crippen molar-refractivity contribution >= 4 is 0 Å². The van der Waals surface area contributed by atoms with E-state index in [9.17, 15) is 4.39 Å². The van der Waals surface area contributed by atoms with Gasteiger partial charge < -0.3 is 15.3 Å². The maximum Gasteiger partial charge on any atom is 0.165 e. The zero-order chi connectivity index (χ0) is 13.5. The van der Waals surface area contributed by atoms with Crippen LogP contribution < -0.4 is 5.32 Å². The Kier molecular flexibility index (Phi) is 6.09. The van der Waals surface area contributed by atoms with Crippen molar-refractivity contribution in [3.63, 3.8) is 0 Å². The third kappa shape index (κ3) is 4.63. The van der Waals surface area contributed by atoms with Gasteiger partial charge in [0, 0.05) is 19.1 Å². The molecule has 3 nitrogen and oxygen atoms in total. The van der Waals surface area contributed by atoms with Crippen molar-refractivity contribution in [2.24, 2.45) is 0 Å². The minimum atomic E-state index is -0.564. The third-order valence-electron chi connectivity index (χ3n) is 3.09. The van der Waals surface area contributed by atoms with Crippen LogP contribution in [-0.4, -0.2) is 35.7 Å². The summed E-state index contributed by atoms with van der Waals surface area (Å²) in [6, 6.07) is 4.84. The number of phenols is 1. The van der Waals surface area contributed by atoms with Crippen LogP contribution in [-0.2, 0) is 6.54 Å². The van der Waals surface area contributed by atoms with Crippen LogP contribution in [0.25, 0.3) is 0 Å². The zero-order valence-corrected chi connectivity index (χ0v) is 11.4. The van der Waals surface area contributed by atoms with Crippen molar-refractivity contribution in [3.05, 3.63) is 29.6 Å². The van der Waals surface area contributed by atoms with Crippen LogP contribution in [0.4, 0.5) is 4.39 Å². The molecular formula is C14H23FN2O.